The second kappa shape index (κ2) is 10.3. The van der Waals surface area contributed by atoms with Gasteiger partial charge in [-0.25, -0.2) is 4.98 Å². The van der Waals surface area contributed by atoms with E-state index >= 15 is 0 Å². The van der Waals surface area contributed by atoms with Crippen LogP contribution in [-0.2, 0) is 19.3 Å². The molecular formula is C32H35N3O2S. The monoisotopic (exact) mass is 525 g/mol. The quantitative estimate of drug-likeness (QED) is 0.263. The van der Waals surface area contributed by atoms with E-state index in [0.717, 1.165) is 59.8 Å². The smallest absolute Gasteiger partial charge is 0.257 e. The van der Waals surface area contributed by atoms with Crippen molar-refractivity contribution in [2.24, 2.45) is 17.1 Å². The van der Waals surface area contributed by atoms with Crippen LogP contribution in [0.3, 0.4) is 0 Å². The van der Waals surface area contributed by atoms with Crippen LogP contribution in [0.5, 0.6) is 0 Å². The molecule has 0 saturated carbocycles. The van der Waals surface area contributed by atoms with E-state index in [9.17, 15) is 9.59 Å². The van der Waals surface area contributed by atoms with Crippen LogP contribution < -0.4 is 11.1 Å². The number of hydrogen-bond donors (Lipinski definition) is 2. The number of pyridine rings is 1. The van der Waals surface area contributed by atoms with Crippen molar-refractivity contribution in [3.8, 4) is 11.3 Å². The van der Waals surface area contributed by atoms with E-state index in [-0.39, 0.29) is 11.3 Å². The van der Waals surface area contributed by atoms with Crippen molar-refractivity contribution in [3.05, 3.63) is 81.7 Å². The van der Waals surface area contributed by atoms with Crippen LogP contribution in [-0.4, -0.2) is 16.8 Å². The second-order valence-corrected chi connectivity index (χ2v) is 12.0. The number of para-hydroxylation sites is 1. The Bertz CT molecular complexity index is 1520. The summed E-state index contributed by atoms with van der Waals surface area (Å²) in [6.07, 6.45) is 4.80. The molecule has 196 valence electrons. The first-order valence-corrected chi connectivity index (χ1v) is 14.3. The summed E-state index contributed by atoms with van der Waals surface area (Å²) in [6.45, 7) is 8.99. The van der Waals surface area contributed by atoms with Crippen molar-refractivity contribution in [2.75, 3.05) is 5.32 Å². The van der Waals surface area contributed by atoms with Crippen LogP contribution in [0.1, 0.15) is 77.3 Å². The molecule has 2 heterocycles. The number of fused-ring (bicyclic) bond motifs is 2. The van der Waals surface area contributed by atoms with Crippen molar-refractivity contribution in [1.29, 1.82) is 0 Å². The van der Waals surface area contributed by atoms with Crippen LogP contribution in [0.2, 0.25) is 0 Å². The molecule has 0 aliphatic heterocycles. The maximum absolute atomic E-state index is 13.8. The zero-order chi connectivity index (χ0) is 27.0. The fraction of sp³-hybridized carbons (Fsp3) is 0.344. The number of nitrogens with two attached hydrogens (primary N) is 1. The summed E-state index contributed by atoms with van der Waals surface area (Å²) in [6, 6.07) is 17.8. The summed E-state index contributed by atoms with van der Waals surface area (Å²) in [5, 5.41) is 4.40. The molecule has 6 heteroatoms. The maximum atomic E-state index is 13.8. The van der Waals surface area contributed by atoms with Crippen LogP contribution in [0.4, 0.5) is 5.00 Å². The number of carbonyl (C=O) groups is 2. The Hall–Kier alpha value is -3.51. The van der Waals surface area contributed by atoms with E-state index in [0.29, 0.717) is 22.0 Å². The Balaban J connectivity index is 1.53. The van der Waals surface area contributed by atoms with Gasteiger partial charge in [0, 0.05) is 15.8 Å². The standard InChI is InChI=1S/C32H35N3O2S/c1-5-19-11-13-20(14-12-19)26-18-24(22-9-7-8-10-25(22)34-26)30(37)35-31-28(29(33)36)23-16-15-21(17-27(23)38-31)32(3,4)6-2/h7-14,18,21H,5-6,15-17H2,1-4H3,(H2,33,36)(H,35,37). The summed E-state index contributed by atoms with van der Waals surface area (Å²) in [7, 11) is 0. The number of aromatic nitrogens is 1. The summed E-state index contributed by atoms with van der Waals surface area (Å²) in [5.74, 6) is -0.211. The molecule has 2 aromatic carbocycles. The highest BCUT2D eigenvalue weighted by molar-refractivity contribution is 7.17. The summed E-state index contributed by atoms with van der Waals surface area (Å²) >= 11 is 1.51. The Morgan fingerprint density at radius 3 is 2.53 bits per heavy atom. The van der Waals surface area contributed by atoms with Crippen molar-refractivity contribution < 1.29 is 9.59 Å². The van der Waals surface area contributed by atoms with Crippen molar-refractivity contribution in [2.45, 2.75) is 59.8 Å². The molecule has 1 aliphatic carbocycles. The van der Waals surface area contributed by atoms with Crippen LogP contribution in [0, 0.1) is 11.3 Å². The molecule has 0 spiro atoms. The van der Waals surface area contributed by atoms with E-state index in [1.165, 1.54) is 21.8 Å². The number of rotatable bonds is 7. The zero-order valence-electron chi connectivity index (χ0n) is 22.6. The largest absolute Gasteiger partial charge is 0.365 e. The molecule has 5 rings (SSSR count). The Labute approximate surface area is 228 Å². The molecule has 2 amide bonds. The first-order chi connectivity index (χ1) is 18.2. The third-order valence-electron chi connectivity index (χ3n) is 8.37. The number of anilines is 1. The number of thiophene rings is 1. The minimum absolute atomic E-state index is 0.222. The lowest BCUT2D eigenvalue weighted by Crippen LogP contribution is -2.29. The average Bonchev–Trinajstić information content (AvgIpc) is 3.29. The second-order valence-electron chi connectivity index (χ2n) is 10.9. The molecule has 0 radical (unpaired) electrons. The van der Waals surface area contributed by atoms with Crippen LogP contribution >= 0.6 is 11.3 Å². The molecule has 0 bridgehead atoms. The van der Waals surface area contributed by atoms with Crippen molar-refractivity contribution in [1.82, 2.24) is 4.98 Å². The van der Waals surface area contributed by atoms with Gasteiger partial charge in [-0.2, -0.15) is 0 Å². The number of nitrogens with zero attached hydrogens (tertiary/aromatic N) is 1. The third kappa shape index (κ3) is 4.85. The molecule has 38 heavy (non-hydrogen) atoms. The number of benzene rings is 2. The number of amides is 2. The van der Waals surface area contributed by atoms with Crippen molar-refractivity contribution in [3.63, 3.8) is 0 Å². The van der Waals surface area contributed by atoms with E-state index in [1.54, 1.807) is 0 Å². The summed E-state index contributed by atoms with van der Waals surface area (Å²) < 4.78 is 0. The van der Waals surface area contributed by atoms with E-state index in [4.69, 9.17) is 10.7 Å². The highest BCUT2D eigenvalue weighted by atomic mass is 32.1. The molecular weight excluding hydrogens is 490 g/mol. The SMILES string of the molecule is CCc1ccc(-c2cc(C(=O)Nc3sc4c(c3C(N)=O)CCC(C(C)(C)CC)C4)c3ccccc3n2)cc1. The van der Waals surface area contributed by atoms with Gasteiger partial charge in [0.2, 0.25) is 0 Å². The molecule has 5 nitrogen and oxygen atoms in total. The lowest BCUT2D eigenvalue weighted by Gasteiger charge is -2.36. The predicted molar refractivity (Wildman–Crippen MR) is 157 cm³/mol. The van der Waals surface area contributed by atoms with Gasteiger partial charge < -0.3 is 11.1 Å². The van der Waals surface area contributed by atoms with Gasteiger partial charge in [0.15, 0.2) is 0 Å². The van der Waals surface area contributed by atoms with Crippen LogP contribution in [0.25, 0.3) is 22.2 Å². The first kappa shape index (κ1) is 26.1. The Morgan fingerprint density at radius 1 is 1.11 bits per heavy atom. The highest BCUT2D eigenvalue weighted by Crippen LogP contribution is 2.45. The molecule has 2 aromatic heterocycles. The summed E-state index contributed by atoms with van der Waals surface area (Å²) in [5.41, 5.74) is 11.8. The van der Waals surface area contributed by atoms with Crippen LogP contribution in [0.15, 0.2) is 54.6 Å². The molecule has 0 saturated heterocycles. The molecule has 4 aromatic rings. The normalized spacial score (nSPS) is 15.3. The van der Waals surface area contributed by atoms with Gasteiger partial charge in [0.25, 0.3) is 11.8 Å². The van der Waals surface area contributed by atoms with Crippen molar-refractivity contribution >= 4 is 39.1 Å². The third-order valence-corrected chi connectivity index (χ3v) is 9.54. The fourth-order valence-electron chi connectivity index (χ4n) is 5.48. The molecule has 1 atom stereocenters. The highest BCUT2D eigenvalue weighted by Gasteiger charge is 2.35. The Morgan fingerprint density at radius 2 is 1.84 bits per heavy atom. The lowest BCUT2D eigenvalue weighted by molar-refractivity contribution is 0.0999. The van der Waals surface area contributed by atoms with E-state index in [1.807, 2.05) is 42.5 Å². The van der Waals surface area contributed by atoms with Gasteiger partial charge in [-0.05, 0) is 60.3 Å². The van der Waals surface area contributed by atoms with Gasteiger partial charge in [-0.3, -0.25) is 9.59 Å². The number of nitrogens with one attached hydrogen (secondary N) is 1. The van der Waals surface area contributed by atoms with Gasteiger partial charge in [0.05, 0.1) is 22.3 Å². The zero-order valence-corrected chi connectivity index (χ0v) is 23.4. The molecule has 1 unspecified atom stereocenters. The Kier molecular flexibility index (Phi) is 7.10. The lowest BCUT2D eigenvalue weighted by atomic mass is 9.69. The summed E-state index contributed by atoms with van der Waals surface area (Å²) in [4.78, 5) is 32.4. The van der Waals surface area contributed by atoms with Gasteiger partial charge in [-0.15, -0.1) is 11.3 Å². The van der Waals surface area contributed by atoms with E-state index in [2.05, 4.69) is 45.1 Å². The molecule has 3 N–H and O–H groups in total. The van der Waals surface area contributed by atoms with Gasteiger partial charge >= 0.3 is 0 Å². The number of aryl methyl sites for hydroxylation is 1. The topological polar surface area (TPSA) is 85.1 Å². The minimum Gasteiger partial charge on any atom is -0.365 e. The predicted octanol–water partition coefficient (Wildman–Crippen LogP) is 7.42. The average molecular weight is 526 g/mol. The first-order valence-electron chi connectivity index (χ1n) is 13.5. The number of hydrogen-bond acceptors (Lipinski definition) is 4. The van der Waals surface area contributed by atoms with E-state index < -0.39 is 5.91 Å². The maximum Gasteiger partial charge on any atom is 0.257 e. The van der Waals surface area contributed by atoms with Gasteiger partial charge in [-0.1, -0.05) is 76.6 Å². The van der Waals surface area contributed by atoms with Gasteiger partial charge in [0.1, 0.15) is 5.00 Å². The minimum atomic E-state index is -0.484. The molecule has 1 aliphatic rings. The molecule has 0 fully saturated rings. The number of primary amides is 1. The number of carbonyl (C=O) groups excluding carboxylic acids is 2. The fourth-order valence-corrected chi connectivity index (χ4v) is 6.81.